The summed E-state index contributed by atoms with van der Waals surface area (Å²) in [7, 11) is -9.69. The van der Waals surface area contributed by atoms with Gasteiger partial charge in [-0.15, -0.1) is 0 Å². The van der Waals surface area contributed by atoms with Crippen LogP contribution in [0.1, 0.15) is 6.23 Å². The van der Waals surface area contributed by atoms with E-state index in [1.165, 1.54) is 22.7 Å². The van der Waals surface area contributed by atoms with Gasteiger partial charge in [-0.25, -0.2) is 19.3 Å². The molecule has 0 amide bonds. The number of imidazole rings is 1. The van der Waals surface area contributed by atoms with Gasteiger partial charge in [-0.3, -0.25) is 18.3 Å². The number of hydrogen-bond donors (Lipinski definition) is 6. The summed E-state index contributed by atoms with van der Waals surface area (Å²) in [6.45, 7) is -0.780. The van der Waals surface area contributed by atoms with Gasteiger partial charge in [-0.05, 0) is 6.26 Å². The van der Waals surface area contributed by atoms with Crippen LogP contribution in [0.25, 0.3) is 11.2 Å². The second-order valence-corrected chi connectivity index (χ2v) is 13.3. The summed E-state index contributed by atoms with van der Waals surface area (Å²) in [5.74, 6) is -1.55. The van der Waals surface area contributed by atoms with Crippen molar-refractivity contribution in [3.05, 3.63) is 6.33 Å². The van der Waals surface area contributed by atoms with Crippen LogP contribution < -0.4 is 5.73 Å². The fourth-order valence-electron chi connectivity index (χ4n) is 2.93. The molecular weight excluding hydrogens is 526 g/mol. The van der Waals surface area contributed by atoms with Gasteiger partial charge in [0.2, 0.25) is 7.57 Å². The summed E-state index contributed by atoms with van der Waals surface area (Å²) in [5, 5.41) is 21.1. The van der Waals surface area contributed by atoms with Crippen molar-refractivity contribution in [1.82, 2.24) is 19.5 Å². The number of nitrogens with zero attached hydrogens (tertiary/aromatic N) is 4. The Hall–Kier alpha value is -0.865. The molecule has 2 aromatic rings. The fourth-order valence-corrected chi connectivity index (χ4v) is 7.80. The third-order valence-electron chi connectivity index (χ3n) is 4.24. The number of fused-ring (bicyclic) bond motifs is 1. The molecule has 0 bridgehead atoms. The van der Waals surface area contributed by atoms with Crippen LogP contribution in [-0.4, -0.2) is 89.1 Å². The Morgan fingerprint density at radius 3 is 2.52 bits per heavy atom. The Morgan fingerprint density at radius 2 is 1.91 bits per heavy atom. The summed E-state index contributed by atoms with van der Waals surface area (Å²) in [5.41, 5.74) is 6.28. The number of aliphatic hydroxyl groups excluding tert-OH is 2. The van der Waals surface area contributed by atoms with Gasteiger partial charge in [-0.2, -0.15) is 0 Å². The van der Waals surface area contributed by atoms with E-state index in [9.17, 15) is 28.8 Å². The van der Waals surface area contributed by atoms with Gasteiger partial charge in [0.1, 0.15) is 23.8 Å². The number of aliphatic hydroxyl groups is 2. The molecule has 1 aliphatic rings. The summed E-state index contributed by atoms with van der Waals surface area (Å²) in [4.78, 5) is 39.4. The van der Waals surface area contributed by atoms with Crippen molar-refractivity contribution >= 4 is 59.0 Å². The predicted octanol–water partition coefficient (Wildman–Crippen LogP) is -0.620. The predicted molar refractivity (Wildman–Crippen MR) is 115 cm³/mol. The normalized spacial score (nSPS) is 27.5. The van der Waals surface area contributed by atoms with Gasteiger partial charge in [0, 0.05) is 0 Å². The number of nitrogens with two attached hydrogens (primary N) is 1. The molecule has 2 aromatic heterocycles. The first-order chi connectivity index (χ1) is 15.1. The van der Waals surface area contributed by atoms with Crippen molar-refractivity contribution in [1.29, 1.82) is 0 Å². The molecule has 182 valence electrons. The van der Waals surface area contributed by atoms with Crippen LogP contribution in [0.15, 0.2) is 11.5 Å². The van der Waals surface area contributed by atoms with Gasteiger partial charge in [0.25, 0.3) is 7.47 Å². The molecule has 33 heavy (non-hydrogen) atoms. The highest BCUT2D eigenvalue weighted by atomic mass is 32.2. The van der Waals surface area contributed by atoms with Crippen LogP contribution in [0.3, 0.4) is 0 Å². The lowest BCUT2D eigenvalue weighted by Gasteiger charge is -2.21. The minimum absolute atomic E-state index is 0.0842. The number of rotatable bonds is 9. The Morgan fingerprint density at radius 1 is 1.24 bits per heavy atom. The Kier molecular flexibility index (Phi) is 7.82. The van der Waals surface area contributed by atoms with Crippen molar-refractivity contribution in [3.8, 4) is 0 Å². The van der Waals surface area contributed by atoms with Crippen molar-refractivity contribution in [2.45, 2.75) is 29.7 Å². The third-order valence-corrected chi connectivity index (χ3v) is 10.1. The summed E-state index contributed by atoms with van der Waals surface area (Å²) < 4.78 is 50.6. The van der Waals surface area contributed by atoms with E-state index in [2.05, 4.69) is 19.3 Å². The van der Waals surface area contributed by atoms with E-state index in [-0.39, 0.29) is 17.0 Å². The number of hydrogen-bond acceptors (Lipinski definition) is 13. The van der Waals surface area contributed by atoms with Crippen LogP contribution in [0.5, 0.6) is 0 Å². The fraction of sp³-hybridized carbons (Fsp3) is 0.583. The van der Waals surface area contributed by atoms with Crippen LogP contribution >= 0.6 is 34.4 Å². The molecule has 6 atom stereocenters. The van der Waals surface area contributed by atoms with Gasteiger partial charge in [0.15, 0.2) is 28.8 Å². The van der Waals surface area contributed by atoms with Gasteiger partial charge in [-0.1, -0.05) is 11.8 Å². The molecule has 7 N–H and O–H groups in total. The minimum Gasteiger partial charge on any atom is -0.387 e. The van der Waals surface area contributed by atoms with Crippen molar-refractivity contribution in [2.75, 3.05) is 24.5 Å². The maximum Gasteiger partial charge on any atom is 0.346 e. The van der Waals surface area contributed by atoms with Crippen LogP contribution in [0, 0.1) is 0 Å². The molecular formula is C12H19BN5O11P3S. The van der Waals surface area contributed by atoms with E-state index in [1.807, 2.05) is 0 Å². The molecule has 1 unspecified atom stereocenters. The Balaban J connectivity index is 1.73. The lowest BCUT2D eigenvalue weighted by Crippen LogP contribution is -2.33. The smallest absolute Gasteiger partial charge is 0.346 e. The quantitative estimate of drug-likeness (QED) is 0.0994. The molecule has 16 nitrogen and oxygen atoms in total. The van der Waals surface area contributed by atoms with E-state index in [1.54, 1.807) is 6.26 Å². The summed E-state index contributed by atoms with van der Waals surface area (Å²) in [6.07, 6.45) is -2.74. The first-order valence-electron chi connectivity index (χ1n) is 8.79. The lowest BCUT2D eigenvalue weighted by atomic mass is 10.1. The molecule has 3 heterocycles. The molecule has 1 aliphatic heterocycles. The Labute approximate surface area is 191 Å². The zero-order valence-electron chi connectivity index (χ0n) is 16.7. The maximum absolute atomic E-state index is 12.2. The van der Waals surface area contributed by atoms with Crippen molar-refractivity contribution < 1.29 is 52.2 Å². The standard InChI is InChI=1S/C12H19BN5O11P3S/c1-33-12-16-9(14)6-10(17-12)18(3-15-6)11-8(20)7(19)5(28-11)2-27-32(13,26)29-31(24,25)4-30(21,22)23/h3,5,7-8,11,19-20H,2,4H2,1H3,(H,24,25)(H2,14,16,17)(H2,21,22,23)/t5-,7-,8-,11-,32-/m1/s1. The maximum atomic E-state index is 12.2. The van der Waals surface area contributed by atoms with E-state index in [4.69, 9.17) is 32.3 Å². The first kappa shape index (κ1) is 26.7. The molecule has 3 rings (SSSR count). The van der Waals surface area contributed by atoms with Gasteiger partial charge in [0.05, 0.1) is 12.9 Å². The largest absolute Gasteiger partial charge is 0.387 e. The van der Waals surface area contributed by atoms with Crippen LogP contribution in [-0.2, 0) is 27.3 Å². The topological polar surface area (TPSA) is 250 Å². The number of aromatic nitrogens is 4. The molecule has 0 aromatic carbocycles. The summed E-state index contributed by atoms with van der Waals surface area (Å²) >= 11 is 1.21. The molecule has 0 spiro atoms. The number of ether oxygens (including phenoxy) is 1. The highest BCUT2D eigenvalue weighted by Gasteiger charge is 2.46. The average molecular weight is 545 g/mol. The van der Waals surface area contributed by atoms with Gasteiger partial charge >= 0.3 is 15.2 Å². The lowest BCUT2D eigenvalue weighted by molar-refractivity contribution is -0.0478. The first-order valence-corrected chi connectivity index (χ1v) is 15.2. The second-order valence-electron chi connectivity index (χ2n) is 6.83. The van der Waals surface area contributed by atoms with E-state index < -0.39 is 59.7 Å². The molecule has 2 radical (unpaired) electrons. The highest BCUT2D eigenvalue weighted by molar-refractivity contribution is 7.98. The average Bonchev–Trinajstić information content (AvgIpc) is 3.19. The SMILES string of the molecule is [B][P@@](=O)(OC[C@H]1O[C@@H](n2cnc3c(N)nc(SC)nc32)[C@H](O)[C@@H]1O)OP(=O)(O)CP(=O)(O)O. The second kappa shape index (κ2) is 9.65. The van der Waals surface area contributed by atoms with E-state index >= 15 is 0 Å². The highest BCUT2D eigenvalue weighted by Crippen LogP contribution is 2.64. The molecule has 0 saturated carbocycles. The number of thioether (sulfide) groups is 1. The number of nitrogen functional groups attached to an aromatic ring is 1. The zero-order chi connectivity index (χ0) is 24.8. The van der Waals surface area contributed by atoms with Gasteiger partial charge < -0.3 is 39.9 Å². The minimum atomic E-state index is -5.09. The molecule has 21 heteroatoms. The Bertz CT molecular complexity index is 1180. The monoisotopic (exact) mass is 545 g/mol. The van der Waals surface area contributed by atoms with Crippen molar-refractivity contribution in [3.63, 3.8) is 0 Å². The van der Waals surface area contributed by atoms with E-state index in [0.717, 1.165) is 0 Å². The van der Waals surface area contributed by atoms with Crippen molar-refractivity contribution in [2.24, 2.45) is 0 Å². The third kappa shape index (κ3) is 6.43. The van der Waals surface area contributed by atoms with E-state index in [0.29, 0.717) is 5.16 Å². The molecule has 0 aliphatic carbocycles. The summed E-state index contributed by atoms with van der Waals surface area (Å²) in [6, 6.07) is 0. The molecule has 1 saturated heterocycles. The zero-order valence-corrected chi connectivity index (χ0v) is 20.2. The molecule has 1 fully saturated rings. The number of anilines is 1. The van der Waals surface area contributed by atoms with Crippen LogP contribution in [0.4, 0.5) is 5.82 Å². The van der Waals surface area contributed by atoms with Crippen LogP contribution in [0.2, 0.25) is 0 Å².